The van der Waals surface area contributed by atoms with Crippen molar-refractivity contribution in [3.05, 3.63) is 0 Å². The van der Waals surface area contributed by atoms with E-state index in [0.29, 0.717) is 11.9 Å². The molecule has 5 heteroatoms. The molecule has 0 spiro atoms. The van der Waals surface area contributed by atoms with Gasteiger partial charge in [0.25, 0.3) is 0 Å². The van der Waals surface area contributed by atoms with Crippen molar-refractivity contribution in [3.8, 4) is 0 Å². The maximum Gasteiger partial charge on any atom is 0.240 e. The van der Waals surface area contributed by atoms with Crippen LogP contribution in [0.2, 0.25) is 0 Å². The molecule has 0 radical (unpaired) electrons. The number of rotatable bonds is 2. The highest BCUT2D eigenvalue weighted by atomic mass is 32.2. The average Bonchev–Trinajstić information content (AvgIpc) is 2.39. The number of nitrogens with zero attached hydrogens (tertiary/aromatic N) is 2. The van der Waals surface area contributed by atoms with Crippen LogP contribution in [0.15, 0.2) is 0 Å². The molecule has 1 amide bonds. The zero-order chi connectivity index (χ0) is 12.3. The van der Waals surface area contributed by atoms with E-state index in [1.807, 2.05) is 11.8 Å². The molecule has 0 aromatic heterocycles. The number of nitrogens with one attached hydrogen (secondary N) is 1. The van der Waals surface area contributed by atoms with Gasteiger partial charge in [-0.2, -0.15) is 11.8 Å². The van der Waals surface area contributed by atoms with E-state index < -0.39 is 0 Å². The maximum atomic E-state index is 12.4. The Balaban J connectivity index is 1.89. The van der Waals surface area contributed by atoms with Crippen LogP contribution in [0.25, 0.3) is 0 Å². The van der Waals surface area contributed by atoms with Crippen LogP contribution in [0.5, 0.6) is 0 Å². The van der Waals surface area contributed by atoms with Gasteiger partial charge < -0.3 is 15.1 Å². The molecule has 4 nitrogen and oxygen atoms in total. The molecule has 0 bridgehead atoms. The smallest absolute Gasteiger partial charge is 0.240 e. The fourth-order valence-corrected chi connectivity index (χ4v) is 3.45. The van der Waals surface area contributed by atoms with E-state index in [0.717, 1.165) is 37.6 Å². The summed E-state index contributed by atoms with van der Waals surface area (Å²) in [7, 11) is 4.21. The van der Waals surface area contributed by atoms with Gasteiger partial charge in [0, 0.05) is 37.2 Å². The number of likely N-dealkylation sites (tertiary alicyclic amines) is 1. The van der Waals surface area contributed by atoms with Crippen molar-refractivity contribution in [2.75, 3.05) is 45.2 Å². The van der Waals surface area contributed by atoms with Crippen molar-refractivity contribution in [1.29, 1.82) is 0 Å². The Kier molecular flexibility index (Phi) is 4.70. The molecule has 2 heterocycles. The van der Waals surface area contributed by atoms with E-state index >= 15 is 0 Å². The third-order valence-corrected chi connectivity index (χ3v) is 4.72. The Morgan fingerprint density at radius 3 is 2.94 bits per heavy atom. The SMILES string of the molecule is CN(C)C1CCCN(C(=O)C2CSCCN2)C1. The van der Waals surface area contributed by atoms with Crippen LogP contribution in [0, 0.1) is 0 Å². The number of thioether (sulfide) groups is 1. The molecule has 98 valence electrons. The van der Waals surface area contributed by atoms with Crippen LogP contribution in [0.3, 0.4) is 0 Å². The monoisotopic (exact) mass is 257 g/mol. The van der Waals surface area contributed by atoms with Crippen molar-refractivity contribution in [2.24, 2.45) is 0 Å². The largest absolute Gasteiger partial charge is 0.340 e. The molecule has 2 aliphatic heterocycles. The van der Waals surface area contributed by atoms with Gasteiger partial charge in [-0.15, -0.1) is 0 Å². The number of carbonyl (C=O) groups is 1. The lowest BCUT2D eigenvalue weighted by molar-refractivity contribution is -0.134. The predicted molar refractivity (Wildman–Crippen MR) is 72.4 cm³/mol. The highest BCUT2D eigenvalue weighted by Gasteiger charge is 2.30. The summed E-state index contributed by atoms with van der Waals surface area (Å²) in [4.78, 5) is 16.6. The second-order valence-corrected chi connectivity index (χ2v) is 6.28. The second kappa shape index (κ2) is 6.07. The number of likely N-dealkylation sites (N-methyl/N-ethyl adjacent to an activating group) is 1. The number of piperidine rings is 1. The standard InChI is InChI=1S/C12H23N3OS/c1-14(2)10-4-3-6-15(8-10)12(16)11-9-17-7-5-13-11/h10-11,13H,3-9H2,1-2H3. The normalized spacial score (nSPS) is 30.6. The van der Waals surface area contributed by atoms with Crippen LogP contribution in [-0.2, 0) is 4.79 Å². The summed E-state index contributed by atoms with van der Waals surface area (Å²) in [5, 5.41) is 3.33. The van der Waals surface area contributed by atoms with Gasteiger partial charge in [-0.1, -0.05) is 0 Å². The van der Waals surface area contributed by atoms with Crippen molar-refractivity contribution in [1.82, 2.24) is 15.1 Å². The Labute approximate surface area is 108 Å². The van der Waals surface area contributed by atoms with Crippen molar-refractivity contribution < 1.29 is 4.79 Å². The summed E-state index contributed by atoms with van der Waals surface area (Å²) in [5.41, 5.74) is 0. The molecular weight excluding hydrogens is 234 g/mol. The molecule has 2 fully saturated rings. The lowest BCUT2D eigenvalue weighted by Gasteiger charge is -2.38. The molecule has 2 rings (SSSR count). The van der Waals surface area contributed by atoms with E-state index in [4.69, 9.17) is 0 Å². The summed E-state index contributed by atoms with van der Waals surface area (Å²) < 4.78 is 0. The summed E-state index contributed by atoms with van der Waals surface area (Å²) in [6.45, 7) is 2.80. The first-order chi connectivity index (χ1) is 8.18. The van der Waals surface area contributed by atoms with E-state index in [2.05, 4.69) is 29.2 Å². The fraction of sp³-hybridized carbons (Fsp3) is 0.917. The van der Waals surface area contributed by atoms with Gasteiger partial charge in [0.15, 0.2) is 0 Å². The number of hydrogen-bond donors (Lipinski definition) is 1. The van der Waals surface area contributed by atoms with Gasteiger partial charge in [0.1, 0.15) is 0 Å². The Bertz CT molecular complexity index is 266. The minimum atomic E-state index is 0.0506. The molecule has 17 heavy (non-hydrogen) atoms. The third kappa shape index (κ3) is 3.36. The highest BCUT2D eigenvalue weighted by Crippen LogP contribution is 2.17. The van der Waals surface area contributed by atoms with Gasteiger partial charge in [0.05, 0.1) is 6.04 Å². The fourth-order valence-electron chi connectivity index (χ4n) is 2.52. The number of hydrogen-bond acceptors (Lipinski definition) is 4. The topological polar surface area (TPSA) is 35.6 Å². The van der Waals surface area contributed by atoms with E-state index in [9.17, 15) is 4.79 Å². The first kappa shape index (κ1) is 13.2. The van der Waals surface area contributed by atoms with Crippen LogP contribution in [0.4, 0.5) is 0 Å². The van der Waals surface area contributed by atoms with Crippen LogP contribution in [-0.4, -0.2) is 73.0 Å². The molecular formula is C12H23N3OS. The predicted octanol–water partition coefficient (Wildman–Crippen LogP) is 0.244. The third-order valence-electron chi connectivity index (χ3n) is 3.66. The molecule has 0 aromatic rings. The van der Waals surface area contributed by atoms with Crippen molar-refractivity contribution >= 4 is 17.7 Å². The highest BCUT2D eigenvalue weighted by molar-refractivity contribution is 7.99. The average molecular weight is 257 g/mol. The van der Waals surface area contributed by atoms with Crippen molar-refractivity contribution in [3.63, 3.8) is 0 Å². The summed E-state index contributed by atoms with van der Waals surface area (Å²) in [5.74, 6) is 2.37. The van der Waals surface area contributed by atoms with E-state index in [1.54, 1.807) is 0 Å². The second-order valence-electron chi connectivity index (χ2n) is 5.13. The zero-order valence-corrected chi connectivity index (χ0v) is 11.6. The first-order valence-corrected chi connectivity index (χ1v) is 7.60. The first-order valence-electron chi connectivity index (χ1n) is 6.45. The Morgan fingerprint density at radius 1 is 1.47 bits per heavy atom. The molecule has 2 saturated heterocycles. The van der Waals surface area contributed by atoms with E-state index in [1.165, 1.54) is 6.42 Å². The number of amides is 1. The van der Waals surface area contributed by atoms with Crippen molar-refractivity contribution in [2.45, 2.75) is 24.9 Å². The molecule has 2 aliphatic rings. The van der Waals surface area contributed by atoms with Crippen LogP contribution < -0.4 is 5.32 Å². The lowest BCUT2D eigenvalue weighted by atomic mass is 10.0. The molecule has 2 unspecified atom stereocenters. The quantitative estimate of drug-likeness (QED) is 0.769. The lowest BCUT2D eigenvalue weighted by Crippen LogP contribution is -2.55. The Hall–Kier alpha value is -0.260. The van der Waals surface area contributed by atoms with Gasteiger partial charge in [-0.3, -0.25) is 4.79 Å². The maximum absolute atomic E-state index is 12.4. The number of carbonyl (C=O) groups excluding carboxylic acids is 1. The summed E-state index contributed by atoms with van der Waals surface area (Å²) in [6.07, 6.45) is 2.35. The summed E-state index contributed by atoms with van der Waals surface area (Å²) >= 11 is 1.88. The van der Waals surface area contributed by atoms with Gasteiger partial charge in [-0.25, -0.2) is 0 Å². The van der Waals surface area contributed by atoms with Crippen LogP contribution in [0.1, 0.15) is 12.8 Å². The molecule has 0 saturated carbocycles. The minimum Gasteiger partial charge on any atom is -0.340 e. The molecule has 0 aromatic carbocycles. The molecule has 0 aliphatic carbocycles. The van der Waals surface area contributed by atoms with E-state index in [-0.39, 0.29) is 6.04 Å². The van der Waals surface area contributed by atoms with Gasteiger partial charge in [-0.05, 0) is 26.9 Å². The van der Waals surface area contributed by atoms with Gasteiger partial charge in [0.2, 0.25) is 5.91 Å². The van der Waals surface area contributed by atoms with Crippen LogP contribution >= 0.6 is 11.8 Å². The minimum absolute atomic E-state index is 0.0506. The Morgan fingerprint density at radius 2 is 2.29 bits per heavy atom. The summed E-state index contributed by atoms with van der Waals surface area (Å²) in [6, 6.07) is 0.582. The molecule has 2 atom stereocenters. The molecule has 1 N–H and O–H groups in total. The zero-order valence-electron chi connectivity index (χ0n) is 10.8. The van der Waals surface area contributed by atoms with Gasteiger partial charge >= 0.3 is 0 Å².